The van der Waals surface area contributed by atoms with E-state index in [1.54, 1.807) is 10.8 Å². The largest absolute Gasteiger partial charge is 0.366 e. The monoisotopic (exact) mass is 406 g/mol. The van der Waals surface area contributed by atoms with Crippen LogP contribution in [0.15, 0.2) is 54.9 Å². The van der Waals surface area contributed by atoms with Crippen molar-refractivity contribution in [1.82, 2.24) is 24.7 Å². The predicted octanol–water partition coefficient (Wildman–Crippen LogP) is 4.57. The summed E-state index contributed by atoms with van der Waals surface area (Å²) in [6.45, 7) is 3.01. The molecule has 4 aromatic rings. The number of hydrogen-bond acceptors (Lipinski definition) is 5. The van der Waals surface area contributed by atoms with Crippen molar-refractivity contribution in [1.29, 1.82) is 0 Å². The molecular weight excluding hydrogens is 384 g/mol. The van der Waals surface area contributed by atoms with E-state index < -0.39 is 0 Å². The Labute approximate surface area is 174 Å². The fourth-order valence-electron chi connectivity index (χ4n) is 4.22. The first-order chi connectivity index (χ1) is 14.3. The number of aromatic nitrogens is 4. The second kappa shape index (κ2) is 7.97. The Bertz CT molecular complexity index is 1120. The number of fused-ring (bicyclic) bond motifs is 3. The van der Waals surface area contributed by atoms with Crippen molar-refractivity contribution in [2.45, 2.75) is 25.3 Å². The molecule has 1 saturated heterocycles. The van der Waals surface area contributed by atoms with E-state index in [-0.39, 0.29) is 6.04 Å². The summed E-state index contributed by atoms with van der Waals surface area (Å²) in [5, 5.41) is 19.5. The zero-order valence-electron chi connectivity index (χ0n) is 16.1. The van der Waals surface area contributed by atoms with Gasteiger partial charge in [-0.25, -0.2) is 0 Å². The van der Waals surface area contributed by atoms with Gasteiger partial charge < -0.3 is 5.32 Å². The molecule has 0 saturated carbocycles. The topological polar surface area (TPSA) is 58.4 Å². The van der Waals surface area contributed by atoms with E-state index in [4.69, 9.17) is 16.7 Å². The van der Waals surface area contributed by atoms with Crippen molar-refractivity contribution in [3.05, 3.63) is 65.4 Å². The van der Waals surface area contributed by atoms with Gasteiger partial charge in [-0.1, -0.05) is 54.4 Å². The number of anilines is 1. The molecule has 0 radical (unpaired) electrons. The molecule has 0 amide bonds. The average molecular weight is 407 g/mol. The van der Waals surface area contributed by atoms with Gasteiger partial charge >= 0.3 is 0 Å². The van der Waals surface area contributed by atoms with E-state index in [1.165, 1.54) is 24.8 Å². The Morgan fingerprint density at radius 3 is 2.52 bits per heavy atom. The average Bonchev–Trinajstić information content (AvgIpc) is 3.25. The van der Waals surface area contributed by atoms with Crippen molar-refractivity contribution in [3.63, 3.8) is 0 Å². The molecule has 1 aliphatic heterocycles. The second-order valence-electron chi connectivity index (χ2n) is 7.54. The van der Waals surface area contributed by atoms with Gasteiger partial charge in [0.15, 0.2) is 11.5 Å². The van der Waals surface area contributed by atoms with Crippen LogP contribution >= 0.6 is 11.6 Å². The van der Waals surface area contributed by atoms with Crippen LogP contribution in [0.5, 0.6) is 0 Å². The van der Waals surface area contributed by atoms with E-state index in [0.717, 1.165) is 46.9 Å². The lowest BCUT2D eigenvalue weighted by Crippen LogP contribution is -2.37. The first kappa shape index (κ1) is 18.3. The fourth-order valence-corrected chi connectivity index (χ4v) is 4.35. The van der Waals surface area contributed by atoms with Gasteiger partial charge in [-0.2, -0.15) is 4.52 Å². The normalized spacial score (nSPS) is 16.3. The maximum absolute atomic E-state index is 6.13. The predicted molar refractivity (Wildman–Crippen MR) is 116 cm³/mol. The highest BCUT2D eigenvalue weighted by Crippen LogP contribution is 2.28. The summed E-state index contributed by atoms with van der Waals surface area (Å²) in [6.07, 6.45) is 5.46. The molecule has 1 aliphatic rings. The molecule has 1 fully saturated rings. The highest BCUT2D eigenvalue weighted by Gasteiger charge is 2.23. The van der Waals surface area contributed by atoms with Gasteiger partial charge in [0.2, 0.25) is 0 Å². The Morgan fingerprint density at radius 2 is 1.72 bits per heavy atom. The quantitative estimate of drug-likeness (QED) is 0.526. The summed E-state index contributed by atoms with van der Waals surface area (Å²) in [5.74, 6) is 0.851. The minimum absolute atomic E-state index is 0.268. The first-order valence-corrected chi connectivity index (χ1v) is 10.5. The molecule has 29 heavy (non-hydrogen) atoms. The third kappa shape index (κ3) is 3.66. The van der Waals surface area contributed by atoms with Crippen LogP contribution in [-0.2, 0) is 0 Å². The lowest BCUT2D eigenvalue weighted by Gasteiger charge is -2.35. The van der Waals surface area contributed by atoms with Crippen molar-refractivity contribution in [2.75, 3.05) is 25.0 Å². The maximum atomic E-state index is 6.13. The molecule has 0 unspecified atom stereocenters. The van der Waals surface area contributed by atoms with Crippen LogP contribution in [0.2, 0.25) is 5.02 Å². The zero-order chi connectivity index (χ0) is 19.6. The van der Waals surface area contributed by atoms with Crippen molar-refractivity contribution in [2.24, 2.45) is 0 Å². The number of piperidine rings is 1. The minimum Gasteiger partial charge on any atom is -0.366 e. The summed E-state index contributed by atoms with van der Waals surface area (Å²) >= 11 is 6.13. The minimum atomic E-state index is 0.268. The molecule has 2 aromatic heterocycles. The second-order valence-corrected chi connectivity index (χ2v) is 7.97. The fraction of sp³-hybridized carbons (Fsp3) is 0.318. The molecule has 5 rings (SSSR count). The van der Waals surface area contributed by atoms with Crippen LogP contribution < -0.4 is 5.32 Å². The van der Waals surface area contributed by atoms with Gasteiger partial charge in [-0.15, -0.1) is 15.3 Å². The van der Waals surface area contributed by atoms with Crippen LogP contribution in [0, 0.1) is 0 Å². The molecule has 0 spiro atoms. The molecule has 1 atom stereocenters. The van der Waals surface area contributed by atoms with Crippen LogP contribution in [0.3, 0.4) is 0 Å². The third-order valence-electron chi connectivity index (χ3n) is 5.71. The van der Waals surface area contributed by atoms with Crippen LogP contribution in [0.25, 0.3) is 16.4 Å². The van der Waals surface area contributed by atoms with E-state index in [1.807, 2.05) is 24.3 Å². The van der Waals surface area contributed by atoms with E-state index in [0.29, 0.717) is 0 Å². The van der Waals surface area contributed by atoms with Crippen LogP contribution in [-0.4, -0.2) is 44.3 Å². The SMILES string of the molecule is Clc1ccc([C@H](CNc2nn3cnnc3c3ccccc23)N2CCCCC2)cc1. The van der Waals surface area contributed by atoms with Crippen molar-refractivity contribution >= 4 is 33.8 Å². The van der Waals surface area contributed by atoms with Gasteiger partial charge in [0.25, 0.3) is 0 Å². The Morgan fingerprint density at radius 1 is 0.966 bits per heavy atom. The van der Waals surface area contributed by atoms with Gasteiger partial charge in [0.1, 0.15) is 6.33 Å². The first-order valence-electron chi connectivity index (χ1n) is 10.1. The lowest BCUT2D eigenvalue weighted by molar-refractivity contribution is 0.170. The van der Waals surface area contributed by atoms with Crippen molar-refractivity contribution in [3.8, 4) is 0 Å². The molecule has 0 bridgehead atoms. The highest BCUT2D eigenvalue weighted by atomic mass is 35.5. The van der Waals surface area contributed by atoms with Gasteiger partial charge in [0.05, 0.1) is 6.04 Å². The molecule has 6 nitrogen and oxygen atoms in total. The molecule has 1 N–H and O–H groups in total. The number of nitrogens with one attached hydrogen (secondary N) is 1. The molecular formula is C22H23ClN6. The number of hydrogen-bond donors (Lipinski definition) is 1. The highest BCUT2D eigenvalue weighted by molar-refractivity contribution is 6.30. The van der Waals surface area contributed by atoms with Crippen molar-refractivity contribution < 1.29 is 0 Å². The lowest BCUT2D eigenvalue weighted by atomic mass is 10.0. The summed E-state index contributed by atoms with van der Waals surface area (Å²) in [7, 11) is 0. The Hall–Kier alpha value is -2.70. The molecule has 148 valence electrons. The smallest absolute Gasteiger partial charge is 0.185 e. The number of likely N-dealkylation sites (tertiary alicyclic amines) is 1. The standard InChI is InChI=1S/C22H23ClN6/c23-17-10-8-16(9-11-17)20(28-12-4-1-5-13-28)14-24-21-18-6-2-3-7-19(18)22-26-25-15-29(22)27-21/h2-3,6-11,15,20H,1,4-5,12-14H2,(H,24,27)/t20-/m0/s1. The number of rotatable bonds is 5. The number of benzene rings is 2. The van der Waals surface area contributed by atoms with E-state index in [2.05, 4.69) is 44.7 Å². The van der Waals surface area contributed by atoms with Crippen LogP contribution in [0.4, 0.5) is 5.82 Å². The van der Waals surface area contributed by atoms with Gasteiger partial charge in [0, 0.05) is 22.3 Å². The van der Waals surface area contributed by atoms with Crippen LogP contribution in [0.1, 0.15) is 30.9 Å². The Balaban J connectivity index is 1.48. The maximum Gasteiger partial charge on any atom is 0.185 e. The zero-order valence-corrected chi connectivity index (χ0v) is 16.9. The third-order valence-corrected chi connectivity index (χ3v) is 5.96. The molecule has 2 aromatic carbocycles. The summed E-state index contributed by atoms with van der Waals surface area (Å²) in [5.41, 5.74) is 2.05. The Kier molecular flexibility index (Phi) is 5.04. The van der Waals surface area contributed by atoms with E-state index >= 15 is 0 Å². The summed E-state index contributed by atoms with van der Waals surface area (Å²) in [4.78, 5) is 2.57. The molecule has 0 aliphatic carbocycles. The molecule has 7 heteroatoms. The van der Waals surface area contributed by atoms with E-state index in [9.17, 15) is 0 Å². The number of nitrogens with zero attached hydrogens (tertiary/aromatic N) is 5. The summed E-state index contributed by atoms with van der Waals surface area (Å²) < 4.78 is 1.74. The van der Waals surface area contributed by atoms with Gasteiger partial charge in [-0.05, 0) is 43.6 Å². The number of halogens is 1. The summed E-state index contributed by atoms with van der Waals surface area (Å²) in [6, 6.07) is 16.7. The molecule has 3 heterocycles. The van der Waals surface area contributed by atoms with Gasteiger partial charge in [-0.3, -0.25) is 4.90 Å².